The number of nitrogens with one attached hydrogen (secondary N) is 2. The highest BCUT2D eigenvalue weighted by atomic mass is 32.2. The number of methoxy groups -OCH3 is 3. The molecule has 2 rings (SSSR count). The van der Waals surface area contributed by atoms with Gasteiger partial charge in [0, 0.05) is 18.2 Å². The lowest BCUT2D eigenvalue weighted by Gasteiger charge is -2.15. The molecule has 0 aliphatic rings. The number of hydrogen-bond donors (Lipinski definition) is 2. The van der Waals surface area contributed by atoms with Gasteiger partial charge in [-0.25, -0.2) is 17.9 Å². The maximum Gasteiger partial charge on any atom is 0.340 e. The van der Waals surface area contributed by atoms with Gasteiger partial charge in [0.1, 0.15) is 5.75 Å². The largest absolute Gasteiger partial charge is 0.493 e. The summed E-state index contributed by atoms with van der Waals surface area (Å²) in [6.45, 7) is 3.27. The van der Waals surface area contributed by atoms with E-state index in [4.69, 9.17) is 18.9 Å². The van der Waals surface area contributed by atoms with Crippen molar-refractivity contribution in [1.82, 2.24) is 4.72 Å². The van der Waals surface area contributed by atoms with Crippen molar-refractivity contribution in [1.29, 1.82) is 0 Å². The molecule has 1 amide bonds. The Labute approximate surface area is 193 Å². The molecular formula is C22H28N2O8S. The summed E-state index contributed by atoms with van der Waals surface area (Å²) >= 11 is 0. The van der Waals surface area contributed by atoms with Crippen LogP contribution in [0.4, 0.5) is 5.69 Å². The molecule has 0 saturated carbocycles. The van der Waals surface area contributed by atoms with Crippen LogP contribution in [0.25, 0.3) is 0 Å². The summed E-state index contributed by atoms with van der Waals surface area (Å²) in [7, 11) is 0.421. The molecule has 33 heavy (non-hydrogen) atoms. The Morgan fingerprint density at radius 3 is 2.15 bits per heavy atom. The van der Waals surface area contributed by atoms with E-state index in [2.05, 4.69) is 10.0 Å². The minimum atomic E-state index is -3.64. The molecule has 0 saturated heterocycles. The quantitative estimate of drug-likeness (QED) is 0.470. The maximum atomic E-state index is 12.4. The summed E-state index contributed by atoms with van der Waals surface area (Å²) in [6.07, 6.45) is 0.660. The predicted molar refractivity (Wildman–Crippen MR) is 122 cm³/mol. The second-order valence-electron chi connectivity index (χ2n) is 6.98. The van der Waals surface area contributed by atoms with Crippen molar-refractivity contribution in [3.8, 4) is 17.2 Å². The van der Waals surface area contributed by atoms with E-state index < -0.39 is 21.9 Å². The van der Waals surface area contributed by atoms with Crippen LogP contribution in [0.1, 0.15) is 30.6 Å². The molecule has 2 aromatic carbocycles. The lowest BCUT2D eigenvalue weighted by atomic mass is 10.1. The second-order valence-corrected chi connectivity index (χ2v) is 8.70. The number of carbonyl (C=O) groups excluding carboxylic acids is 2. The Kier molecular flexibility index (Phi) is 9.06. The summed E-state index contributed by atoms with van der Waals surface area (Å²) in [4.78, 5) is 24.6. The average Bonchev–Trinajstić information content (AvgIpc) is 2.81. The second kappa shape index (κ2) is 11.5. The van der Waals surface area contributed by atoms with Gasteiger partial charge in [0.25, 0.3) is 5.91 Å². The highest BCUT2D eigenvalue weighted by Crippen LogP contribution is 2.33. The van der Waals surface area contributed by atoms with Crippen LogP contribution in [0.2, 0.25) is 0 Å². The molecule has 0 aliphatic heterocycles. The van der Waals surface area contributed by atoms with E-state index >= 15 is 0 Å². The molecule has 180 valence electrons. The molecule has 0 spiro atoms. The first kappa shape index (κ1) is 25.9. The molecule has 1 atom stereocenters. The lowest BCUT2D eigenvalue weighted by molar-refractivity contribution is -0.118. The van der Waals surface area contributed by atoms with Crippen LogP contribution in [0.5, 0.6) is 17.2 Å². The molecule has 0 bridgehead atoms. The zero-order chi connectivity index (χ0) is 24.6. The predicted octanol–water partition coefficient (Wildman–Crippen LogP) is 2.58. The molecule has 0 fully saturated rings. The van der Waals surface area contributed by atoms with Gasteiger partial charge in [-0.2, -0.15) is 0 Å². The standard InChI is InChI=1S/C22H28N2O8S/c1-6-14(2)24-33(27,28)16-9-7-15(8-10-16)32-13-21(25)23-18-12-20(30-4)19(29-3)11-17(18)22(26)31-5/h7-12,14,24H,6,13H2,1-5H3,(H,23,25)/t14-/m0/s1. The normalized spacial score (nSPS) is 11.9. The van der Waals surface area contributed by atoms with Crippen molar-refractivity contribution in [3.63, 3.8) is 0 Å². The number of anilines is 1. The van der Waals surface area contributed by atoms with Gasteiger partial charge in [-0.3, -0.25) is 4.79 Å². The first-order valence-corrected chi connectivity index (χ1v) is 11.5. The van der Waals surface area contributed by atoms with Gasteiger partial charge in [0.2, 0.25) is 10.0 Å². The highest BCUT2D eigenvalue weighted by Gasteiger charge is 2.20. The van der Waals surface area contributed by atoms with E-state index in [-0.39, 0.29) is 28.8 Å². The molecule has 2 N–H and O–H groups in total. The minimum absolute atomic E-state index is 0.0758. The Hall–Kier alpha value is -3.31. The molecular weight excluding hydrogens is 452 g/mol. The highest BCUT2D eigenvalue weighted by molar-refractivity contribution is 7.89. The molecule has 2 aromatic rings. The first-order chi connectivity index (χ1) is 15.6. The number of hydrogen-bond acceptors (Lipinski definition) is 8. The Bertz CT molecular complexity index is 1080. The summed E-state index contributed by atoms with van der Waals surface area (Å²) in [5.74, 6) is -0.320. The fraction of sp³-hybridized carbons (Fsp3) is 0.364. The van der Waals surface area contributed by atoms with Gasteiger partial charge in [-0.05, 0) is 37.6 Å². The van der Waals surface area contributed by atoms with E-state index in [0.717, 1.165) is 0 Å². The number of ether oxygens (including phenoxy) is 4. The zero-order valence-electron chi connectivity index (χ0n) is 19.1. The third-order valence-electron chi connectivity index (χ3n) is 4.68. The van der Waals surface area contributed by atoms with Crippen LogP contribution in [-0.4, -0.2) is 54.3 Å². The lowest BCUT2D eigenvalue weighted by Crippen LogP contribution is -2.31. The average molecular weight is 481 g/mol. The molecule has 11 heteroatoms. The fourth-order valence-corrected chi connectivity index (χ4v) is 4.05. The van der Waals surface area contributed by atoms with Crippen molar-refractivity contribution >= 4 is 27.6 Å². The third kappa shape index (κ3) is 6.83. The molecule has 0 aromatic heterocycles. The van der Waals surface area contributed by atoms with Gasteiger partial charge in [0.05, 0.1) is 37.5 Å². The van der Waals surface area contributed by atoms with Gasteiger partial charge in [0.15, 0.2) is 18.1 Å². The van der Waals surface area contributed by atoms with Crippen LogP contribution >= 0.6 is 0 Å². The number of benzene rings is 2. The van der Waals surface area contributed by atoms with Crippen LogP contribution < -0.4 is 24.2 Å². The molecule has 0 aliphatic carbocycles. The van der Waals surface area contributed by atoms with E-state index in [1.165, 1.54) is 57.7 Å². The smallest absolute Gasteiger partial charge is 0.340 e. The number of rotatable bonds is 11. The van der Waals surface area contributed by atoms with Crippen molar-refractivity contribution in [3.05, 3.63) is 42.0 Å². The minimum Gasteiger partial charge on any atom is -0.493 e. The molecule has 0 heterocycles. The molecule has 0 unspecified atom stereocenters. The van der Waals surface area contributed by atoms with Crippen LogP contribution in [0, 0.1) is 0 Å². The monoisotopic (exact) mass is 480 g/mol. The van der Waals surface area contributed by atoms with Crippen LogP contribution in [-0.2, 0) is 19.6 Å². The number of carbonyl (C=O) groups is 2. The Morgan fingerprint density at radius 2 is 1.61 bits per heavy atom. The number of esters is 1. The summed E-state index contributed by atoms with van der Waals surface area (Å²) in [6, 6.07) is 8.33. The van der Waals surface area contributed by atoms with Crippen LogP contribution in [0.3, 0.4) is 0 Å². The first-order valence-electron chi connectivity index (χ1n) is 10.0. The summed E-state index contributed by atoms with van der Waals surface area (Å²) in [5.41, 5.74) is 0.234. The SMILES string of the molecule is CC[C@H](C)NS(=O)(=O)c1ccc(OCC(=O)Nc2cc(OC)c(OC)cc2C(=O)OC)cc1. The molecule has 10 nitrogen and oxygen atoms in total. The Balaban J connectivity index is 2.09. The topological polar surface area (TPSA) is 129 Å². The molecule has 0 radical (unpaired) electrons. The zero-order valence-corrected chi connectivity index (χ0v) is 19.9. The van der Waals surface area contributed by atoms with Gasteiger partial charge in [-0.1, -0.05) is 6.92 Å². The summed E-state index contributed by atoms with van der Waals surface area (Å²) in [5, 5.41) is 2.58. The third-order valence-corrected chi connectivity index (χ3v) is 6.28. The Morgan fingerprint density at radius 1 is 1.00 bits per heavy atom. The summed E-state index contributed by atoms with van der Waals surface area (Å²) < 4.78 is 47.8. The van der Waals surface area contributed by atoms with E-state index in [1.54, 1.807) is 6.92 Å². The maximum absolute atomic E-state index is 12.4. The number of sulfonamides is 1. The number of amides is 1. The van der Waals surface area contributed by atoms with Crippen molar-refractivity contribution < 1.29 is 37.0 Å². The van der Waals surface area contributed by atoms with Crippen LogP contribution in [0.15, 0.2) is 41.3 Å². The van der Waals surface area contributed by atoms with E-state index in [1.807, 2.05) is 6.92 Å². The van der Waals surface area contributed by atoms with E-state index in [9.17, 15) is 18.0 Å². The van der Waals surface area contributed by atoms with Gasteiger partial charge >= 0.3 is 5.97 Å². The van der Waals surface area contributed by atoms with E-state index in [0.29, 0.717) is 23.7 Å². The van der Waals surface area contributed by atoms with Crippen molar-refractivity contribution in [2.75, 3.05) is 33.3 Å². The van der Waals surface area contributed by atoms with Crippen molar-refractivity contribution in [2.45, 2.75) is 31.2 Å². The fourth-order valence-electron chi connectivity index (χ4n) is 2.73. The van der Waals surface area contributed by atoms with Crippen molar-refractivity contribution in [2.24, 2.45) is 0 Å². The van der Waals surface area contributed by atoms with Gasteiger partial charge in [-0.15, -0.1) is 0 Å². The van der Waals surface area contributed by atoms with Gasteiger partial charge < -0.3 is 24.3 Å².